The zero-order valence-corrected chi connectivity index (χ0v) is 15.5. The Bertz CT molecular complexity index is 924. The largest absolute Gasteiger partial charge is 0.497 e. The monoisotopic (exact) mass is 374 g/mol. The molecule has 2 aromatic heterocycles. The maximum atomic E-state index is 12.1. The van der Waals surface area contributed by atoms with Crippen molar-refractivity contribution in [3.63, 3.8) is 0 Å². The number of halogens is 1. The fourth-order valence-electron chi connectivity index (χ4n) is 2.64. The first-order valence-electron chi connectivity index (χ1n) is 8.09. The van der Waals surface area contributed by atoms with Crippen molar-refractivity contribution in [1.29, 1.82) is 0 Å². The number of carbonyl (C=O) groups excluding carboxylic acids is 1. The van der Waals surface area contributed by atoms with Gasteiger partial charge in [0.05, 0.1) is 25.6 Å². The van der Waals surface area contributed by atoms with E-state index >= 15 is 0 Å². The lowest BCUT2D eigenvalue weighted by Crippen LogP contribution is -2.18. The molecule has 0 radical (unpaired) electrons. The maximum absolute atomic E-state index is 12.1. The molecule has 0 bridgehead atoms. The first kappa shape index (κ1) is 18.0. The van der Waals surface area contributed by atoms with Crippen LogP contribution in [0.3, 0.4) is 0 Å². The summed E-state index contributed by atoms with van der Waals surface area (Å²) in [5.41, 5.74) is 2.63. The van der Waals surface area contributed by atoms with Gasteiger partial charge in [0.1, 0.15) is 5.75 Å². The predicted molar refractivity (Wildman–Crippen MR) is 99.1 cm³/mol. The average molecular weight is 375 g/mol. The highest BCUT2D eigenvalue weighted by Crippen LogP contribution is 2.25. The summed E-state index contributed by atoms with van der Waals surface area (Å²) in [6, 6.07) is 9.53. The van der Waals surface area contributed by atoms with Crippen molar-refractivity contribution in [3.8, 4) is 5.75 Å². The Kier molecular flexibility index (Phi) is 5.27. The number of hydrogen-bond donors (Lipinski definition) is 0. The summed E-state index contributed by atoms with van der Waals surface area (Å²) >= 11 is 6.17. The molecule has 3 rings (SSSR count). The van der Waals surface area contributed by atoms with E-state index in [0.717, 1.165) is 17.0 Å². The van der Waals surface area contributed by atoms with Crippen molar-refractivity contribution in [2.75, 3.05) is 25.7 Å². The molecule has 0 saturated carbocycles. The summed E-state index contributed by atoms with van der Waals surface area (Å²) < 4.78 is 11.6. The van der Waals surface area contributed by atoms with Crippen molar-refractivity contribution in [1.82, 2.24) is 14.6 Å². The third kappa shape index (κ3) is 3.57. The van der Waals surface area contributed by atoms with Gasteiger partial charge in [0.15, 0.2) is 16.5 Å². The number of nitrogens with zero attached hydrogens (tertiary/aromatic N) is 4. The van der Waals surface area contributed by atoms with E-state index in [0.29, 0.717) is 12.2 Å². The summed E-state index contributed by atoms with van der Waals surface area (Å²) in [4.78, 5) is 18.4. The van der Waals surface area contributed by atoms with Gasteiger partial charge in [-0.2, -0.15) is 5.10 Å². The van der Waals surface area contributed by atoms with E-state index in [1.807, 2.05) is 36.2 Å². The van der Waals surface area contributed by atoms with Gasteiger partial charge in [-0.3, -0.25) is 0 Å². The van der Waals surface area contributed by atoms with Gasteiger partial charge < -0.3 is 14.4 Å². The van der Waals surface area contributed by atoms with Crippen LogP contribution in [-0.4, -0.2) is 41.3 Å². The van der Waals surface area contributed by atoms with E-state index in [1.165, 1.54) is 10.7 Å². The second-order valence-corrected chi connectivity index (χ2v) is 6.04. The van der Waals surface area contributed by atoms with Crippen LogP contribution in [-0.2, 0) is 11.3 Å². The van der Waals surface area contributed by atoms with E-state index in [4.69, 9.17) is 21.1 Å². The van der Waals surface area contributed by atoms with Crippen LogP contribution in [0, 0.1) is 0 Å². The van der Waals surface area contributed by atoms with Crippen molar-refractivity contribution in [2.45, 2.75) is 13.5 Å². The number of ether oxygens (including phenoxy) is 2. The molecule has 0 saturated heterocycles. The van der Waals surface area contributed by atoms with E-state index in [2.05, 4.69) is 10.1 Å². The van der Waals surface area contributed by atoms with Crippen LogP contribution in [0.4, 0.5) is 5.69 Å². The Morgan fingerprint density at radius 3 is 2.69 bits per heavy atom. The molecule has 0 fully saturated rings. The molecule has 7 nitrogen and oxygen atoms in total. The number of methoxy groups -OCH3 is 1. The highest BCUT2D eigenvalue weighted by atomic mass is 35.5. The highest BCUT2D eigenvalue weighted by Gasteiger charge is 2.19. The molecule has 1 aromatic carbocycles. The molecule has 0 N–H and O–H groups in total. The molecule has 0 unspecified atom stereocenters. The number of carbonyl (C=O) groups is 1. The van der Waals surface area contributed by atoms with Crippen LogP contribution in [0.2, 0.25) is 5.15 Å². The standard InChI is InChI=1S/C18H19ClN4O3/c1-4-26-18(24)15-10-20-17-14(9-16(19)21-23(15)17)22(2)11-12-5-7-13(25-3)8-6-12/h5-10H,4,11H2,1-3H3. The summed E-state index contributed by atoms with van der Waals surface area (Å²) in [6.07, 6.45) is 1.45. The molecular weight excluding hydrogens is 356 g/mol. The van der Waals surface area contributed by atoms with Gasteiger partial charge in [-0.15, -0.1) is 0 Å². The summed E-state index contributed by atoms with van der Waals surface area (Å²) in [5.74, 6) is 0.316. The molecule has 0 spiro atoms. The van der Waals surface area contributed by atoms with Gasteiger partial charge in [-0.05, 0) is 24.6 Å². The number of hydrogen-bond acceptors (Lipinski definition) is 6. The van der Waals surface area contributed by atoms with E-state index in [-0.39, 0.29) is 17.5 Å². The molecule has 136 valence electrons. The Morgan fingerprint density at radius 2 is 2.04 bits per heavy atom. The van der Waals surface area contributed by atoms with Crippen LogP contribution in [0.25, 0.3) is 5.65 Å². The first-order chi connectivity index (χ1) is 12.5. The van der Waals surface area contributed by atoms with Crippen LogP contribution >= 0.6 is 11.6 Å². The van der Waals surface area contributed by atoms with Crippen LogP contribution in [0.5, 0.6) is 5.75 Å². The summed E-state index contributed by atoms with van der Waals surface area (Å²) in [6.45, 7) is 2.65. The minimum absolute atomic E-state index is 0.239. The number of aromatic nitrogens is 3. The molecule has 3 aromatic rings. The number of imidazole rings is 1. The van der Waals surface area contributed by atoms with Gasteiger partial charge in [-0.25, -0.2) is 14.3 Å². The van der Waals surface area contributed by atoms with Crippen LogP contribution in [0.15, 0.2) is 36.5 Å². The molecule has 8 heteroatoms. The topological polar surface area (TPSA) is 69.0 Å². The van der Waals surface area contributed by atoms with Crippen LogP contribution < -0.4 is 9.64 Å². The number of anilines is 1. The van der Waals surface area contributed by atoms with E-state index < -0.39 is 5.97 Å². The first-order valence-corrected chi connectivity index (χ1v) is 8.46. The van der Waals surface area contributed by atoms with Crippen molar-refractivity contribution >= 4 is 28.9 Å². The van der Waals surface area contributed by atoms with Gasteiger partial charge in [0.25, 0.3) is 0 Å². The van der Waals surface area contributed by atoms with Crippen LogP contribution in [0.1, 0.15) is 23.0 Å². The average Bonchev–Trinajstić information content (AvgIpc) is 3.05. The molecule has 26 heavy (non-hydrogen) atoms. The van der Waals surface area contributed by atoms with Gasteiger partial charge in [0, 0.05) is 19.7 Å². The third-order valence-corrected chi connectivity index (χ3v) is 4.08. The highest BCUT2D eigenvalue weighted by molar-refractivity contribution is 6.29. The van der Waals surface area contributed by atoms with E-state index in [9.17, 15) is 4.79 Å². The smallest absolute Gasteiger partial charge is 0.358 e. The second-order valence-electron chi connectivity index (χ2n) is 5.66. The number of benzene rings is 1. The molecule has 0 aliphatic heterocycles. The van der Waals surface area contributed by atoms with Gasteiger partial charge in [0.2, 0.25) is 0 Å². The lowest BCUT2D eigenvalue weighted by Gasteiger charge is -2.20. The number of esters is 1. The van der Waals surface area contributed by atoms with Crippen molar-refractivity contribution in [2.24, 2.45) is 0 Å². The zero-order valence-electron chi connectivity index (χ0n) is 14.8. The Hall–Kier alpha value is -2.80. The summed E-state index contributed by atoms with van der Waals surface area (Å²) in [5, 5.41) is 4.45. The molecule has 0 amide bonds. The van der Waals surface area contributed by atoms with Gasteiger partial charge >= 0.3 is 5.97 Å². The molecule has 0 aliphatic rings. The predicted octanol–water partition coefficient (Wildman–Crippen LogP) is 3.20. The quantitative estimate of drug-likeness (QED) is 0.617. The summed E-state index contributed by atoms with van der Waals surface area (Å²) in [7, 11) is 3.56. The fraction of sp³-hybridized carbons (Fsp3) is 0.278. The lowest BCUT2D eigenvalue weighted by atomic mass is 10.2. The maximum Gasteiger partial charge on any atom is 0.358 e. The number of rotatable bonds is 6. The second kappa shape index (κ2) is 7.61. The van der Waals surface area contributed by atoms with Gasteiger partial charge in [-0.1, -0.05) is 23.7 Å². The van der Waals surface area contributed by atoms with E-state index in [1.54, 1.807) is 20.1 Å². The Balaban J connectivity index is 1.94. The Labute approximate surface area is 156 Å². The molecule has 0 aliphatic carbocycles. The van der Waals surface area contributed by atoms with Crippen molar-refractivity contribution in [3.05, 3.63) is 52.9 Å². The molecule has 0 atom stereocenters. The Morgan fingerprint density at radius 1 is 1.31 bits per heavy atom. The fourth-order valence-corrected chi connectivity index (χ4v) is 2.82. The third-order valence-electron chi connectivity index (χ3n) is 3.89. The number of fused-ring (bicyclic) bond motifs is 1. The normalized spacial score (nSPS) is 10.8. The molecular formula is C18H19ClN4O3. The minimum Gasteiger partial charge on any atom is -0.497 e. The zero-order chi connectivity index (χ0) is 18.7. The van der Waals surface area contributed by atoms with Crippen molar-refractivity contribution < 1.29 is 14.3 Å². The lowest BCUT2D eigenvalue weighted by molar-refractivity contribution is 0.0516. The molecule has 2 heterocycles. The minimum atomic E-state index is -0.487. The SMILES string of the molecule is CCOC(=O)c1cnc2c(N(C)Cc3ccc(OC)cc3)cc(Cl)nn12.